The Morgan fingerprint density at radius 1 is 1.27 bits per heavy atom. The van der Waals surface area contributed by atoms with E-state index in [0.717, 1.165) is 60.9 Å². The van der Waals surface area contributed by atoms with Gasteiger partial charge in [0.1, 0.15) is 17.5 Å². The fourth-order valence-corrected chi connectivity index (χ4v) is 3.45. The van der Waals surface area contributed by atoms with Crippen molar-refractivity contribution in [1.29, 1.82) is 0 Å². The fraction of sp³-hybridized carbons (Fsp3) is 0.500. The number of halogens is 1. The third-order valence-corrected chi connectivity index (χ3v) is 4.88. The van der Waals surface area contributed by atoms with Crippen LogP contribution in [0.15, 0.2) is 24.3 Å². The number of benzene rings is 1. The molecule has 140 valence electrons. The van der Waals surface area contributed by atoms with E-state index in [1.165, 1.54) is 6.07 Å². The maximum atomic E-state index is 13.9. The number of aromatic nitrogens is 2. The van der Waals surface area contributed by atoms with Crippen LogP contribution in [0.1, 0.15) is 49.8 Å². The number of nitrogens with one attached hydrogen (secondary N) is 1. The first kappa shape index (κ1) is 18.6. The molecule has 1 atom stereocenters. The average Bonchev–Trinajstić information content (AvgIpc) is 2.62. The molecule has 1 saturated heterocycles. The predicted octanol–water partition coefficient (Wildman–Crippen LogP) is 3.62. The van der Waals surface area contributed by atoms with Gasteiger partial charge in [-0.25, -0.2) is 14.4 Å². The second kappa shape index (κ2) is 7.99. The highest BCUT2D eigenvalue weighted by molar-refractivity contribution is 5.57. The third-order valence-electron chi connectivity index (χ3n) is 4.88. The Hall–Kier alpha value is -2.21. The number of aliphatic hydroxyl groups is 1. The van der Waals surface area contributed by atoms with Crippen LogP contribution in [0.25, 0.3) is 0 Å². The van der Waals surface area contributed by atoms with Crippen molar-refractivity contribution in [3.8, 4) is 0 Å². The maximum absolute atomic E-state index is 13.9. The van der Waals surface area contributed by atoms with Gasteiger partial charge in [-0.05, 0) is 51.3 Å². The molecule has 2 N–H and O–H groups in total. The average molecular weight is 358 g/mol. The van der Waals surface area contributed by atoms with Crippen molar-refractivity contribution in [1.82, 2.24) is 9.97 Å². The fourth-order valence-electron chi connectivity index (χ4n) is 3.45. The summed E-state index contributed by atoms with van der Waals surface area (Å²) in [6.07, 6.45) is 2.09. The number of aryl methyl sites for hydroxylation is 2. The standard InChI is InChI=1S/C20H27FN4O/c1-4-16-12-20(24-14(3)23-16)22-13(2)18-11-15(21)5-6-19(18)25-9-7-17(26)8-10-25/h5-6,11-13,17,26H,4,7-10H2,1-3H3,(H,22,23,24). The van der Waals surface area contributed by atoms with E-state index in [0.29, 0.717) is 0 Å². The summed E-state index contributed by atoms with van der Waals surface area (Å²) in [5.74, 6) is 1.23. The molecule has 3 rings (SSSR count). The van der Waals surface area contributed by atoms with Crippen molar-refractivity contribution < 1.29 is 9.50 Å². The summed E-state index contributed by atoms with van der Waals surface area (Å²) in [5.41, 5.74) is 2.90. The van der Waals surface area contributed by atoms with E-state index in [1.54, 1.807) is 6.07 Å². The molecular weight excluding hydrogens is 331 g/mol. The largest absolute Gasteiger partial charge is 0.393 e. The van der Waals surface area contributed by atoms with Gasteiger partial charge in [-0.15, -0.1) is 0 Å². The van der Waals surface area contributed by atoms with Gasteiger partial charge in [0.05, 0.1) is 12.1 Å². The number of rotatable bonds is 5. The molecule has 0 amide bonds. The van der Waals surface area contributed by atoms with Crippen molar-refractivity contribution >= 4 is 11.5 Å². The number of piperidine rings is 1. The van der Waals surface area contributed by atoms with Gasteiger partial charge < -0.3 is 15.3 Å². The van der Waals surface area contributed by atoms with Crippen molar-refractivity contribution in [2.75, 3.05) is 23.3 Å². The molecule has 1 aromatic carbocycles. The van der Waals surface area contributed by atoms with Crippen molar-refractivity contribution in [2.45, 2.75) is 52.2 Å². The van der Waals surface area contributed by atoms with Crippen LogP contribution in [0.3, 0.4) is 0 Å². The molecule has 0 bridgehead atoms. The van der Waals surface area contributed by atoms with Crippen LogP contribution in [-0.2, 0) is 6.42 Å². The molecule has 1 unspecified atom stereocenters. The number of aliphatic hydroxyl groups excluding tert-OH is 1. The van der Waals surface area contributed by atoms with E-state index < -0.39 is 0 Å². The lowest BCUT2D eigenvalue weighted by Crippen LogP contribution is -2.36. The normalized spacial score (nSPS) is 16.6. The van der Waals surface area contributed by atoms with E-state index in [4.69, 9.17) is 0 Å². The zero-order valence-electron chi connectivity index (χ0n) is 15.7. The summed E-state index contributed by atoms with van der Waals surface area (Å²) in [7, 11) is 0. The van der Waals surface area contributed by atoms with Crippen LogP contribution in [0, 0.1) is 12.7 Å². The van der Waals surface area contributed by atoms with Crippen LogP contribution in [0.5, 0.6) is 0 Å². The lowest BCUT2D eigenvalue weighted by molar-refractivity contribution is 0.145. The zero-order valence-corrected chi connectivity index (χ0v) is 15.7. The topological polar surface area (TPSA) is 61.3 Å². The molecule has 0 saturated carbocycles. The molecule has 2 heterocycles. The first-order chi connectivity index (χ1) is 12.5. The molecule has 1 aliphatic rings. The highest BCUT2D eigenvalue weighted by Gasteiger charge is 2.22. The second-order valence-electron chi connectivity index (χ2n) is 6.93. The number of hydrogen-bond donors (Lipinski definition) is 2. The van der Waals surface area contributed by atoms with Crippen LogP contribution in [0.2, 0.25) is 0 Å². The second-order valence-corrected chi connectivity index (χ2v) is 6.93. The molecule has 0 aliphatic carbocycles. The van der Waals surface area contributed by atoms with Gasteiger partial charge in [0.15, 0.2) is 0 Å². The SMILES string of the molecule is CCc1cc(NC(C)c2cc(F)ccc2N2CCC(O)CC2)nc(C)n1. The van der Waals surface area contributed by atoms with E-state index in [2.05, 4.69) is 27.1 Å². The minimum absolute atomic E-state index is 0.105. The van der Waals surface area contributed by atoms with Gasteiger partial charge in [0, 0.05) is 36.1 Å². The Labute approximate surface area is 154 Å². The predicted molar refractivity (Wildman–Crippen MR) is 102 cm³/mol. The van der Waals surface area contributed by atoms with Gasteiger partial charge in [-0.3, -0.25) is 0 Å². The van der Waals surface area contributed by atoms with E-state index in [1.807, 2.05) is 26.0 Å². The summed E-state index contributed by atoms with van der Waals surface area (Å²) < 4.78 is 13.9. The van der Waals surface area contributed by atoms with Gasteiger partial charge in [-0.2, -0.15) is 0 Å². The van der Waals surface area contributed by atoms with Crippen molar-refractivity contribution in [2.24, 2.45) is 0 Å². The molecule has 5 nitrogen and oxygen atoms in total. The molecule has 26 heavy (non-hydrogen) atoms. The highest BCUT2D eigenvalue weighted by atomic mass is 19.1. The van der Waals surface area contributed by atoms with E-state index in [-0.39, 0.29) is 18.0 Å². The number of hydrogen-bond acceptors (Lipinski definition) is 5. The van der Waals surface area contributed by atoms with Crippen molar-refractivity contribution in [3.05, 3.63) is 47.2 Å². The zero-order chi connectivity index (χ0) is 18.7. The Morgan fingerprint density at radius 2 is 2.00 bits per heavy atom. The summed E-state index contributed by atoms with van der Waals surface area (Å²) in [6.45, 7) is 7.50. The lowest BCUT2D eigenvalue weighted by Gasteiger charge is -2.34. The third kappa shape index (κ3) is 4.30. The molecule has 0 radical (unpaired) electrons. The lowest BCUT2D eigenvalue weighted by atomic mass is 10.0. The summed E-state index contributed by atoms with van der Waals surface area (Å²) >= 11 is 0. The van der Waals surface area contributed by atoms with Gasteiger partial charge in [0.25, 0.3) is 0 Å². The Balaban J connectivity index is 1.85. The van der Waals surface area contributed by atoms with Crippen LogP contribution < -0.4 is 10.2 Å². The highest BCUT2D eigenvalue weighted by Crippen LogP contribution is 2.31. The molecule has 1 aromatic heterocycles. The molecular formula is C20H27FN4O. The molecule has 6 heteroatoms. The number of nitrogens with zero attached hydrogens (tertiary/aromatic N) is 3. The van der Waals surface area contributed by atoms with Crippen LogP contribution >= 0.6 is 0 Å². The van der Waals surface area contributed by atoms with E-state index in [9.17, 15) is 9.50 Å². The maximum Gasteiger partial charge on any atom is 0.130 e. The molecule has 2 aromatic rings. The van der Waals surface area contributed by atoms with Crippen LogP contribution in [0.4, 0.5) is 15.9 Å². The van der Waals surface area contributed by atoms with Gasteiger partial charge in [0.2, 0.25) is 0 Å². The van der Waals surface area contributed by atoms with Crippen LogP contribution in [-0.4, -0.2) is 34.3 Å². The van der Waals surface area contributed by atoms with E-state index >= 15 is 0 Å². The molecule has 1 aliphatic heterocycles. The summed E-state index contributed by atoms with van der Waals surface area (Å²) in [4.78, 5) is 11.1. The summed E-state index contributed by atoms with van der Waals surface area (Å²) in [6, 6.07) is 6.77. The quantitative estimate of drug-likeness (QED) is 0.855. The first-order valence-electron chi connectivity index (χ1n) is 9.29. The minimum Gasteiger partial charge on any atom is -0.393 e. The Kier molecular flexibility index (Phi) is 5.71. The first-order valence-corrected chi connectivity index (χ1v) is 9.29. The molecule has 1 fully saturated rings. The number of anilines is 2. The minimum atomic E-state index is -0.248. The van der Waals surface area contributed by atoms with Gasteiger partial charge in [-0.1, -0.05) is 6.92 Å². The Morgan fingerprint density at radius 3 is 2.69 bits per heavy atom. The molecule has 0 spiro atoms. The Bertz CT molecular complexity index is 759. The van der Waals surface area contributed by atoms with Crippen molar-refractivity contribution in [3.63, 3.8) is 0 Å². The smallest absolute Gasteiger partial charge is 0.130 e. The van der Waals surface area contributed by atoms with Gasteiger partial charge >= 0.3 is 0 Å². The monoisotopic (exact) mass is 358 g/mol. The summed E-state index contributed by atoms with van der Waals surface area (Å²) in [5, 5.41) is 13.1.